The summed E-state index contributed by atoms with van der Waals surface area (Å²) in [6.45, 7) is 1.92. The summed E-state index contributed by atoms with van der Waals surface area (Å²) in [5.41, 5.74) is 0.408. The van der Waals surface area contributed by atoms with Crippen molar-refractivity contribution in [3.05, 3.63) is 23.8 Å². The van der Waals surface area contributed by atoms with Crippen molar-refractivity contribution < 1.29 is 24.2 Å². The number of hydrogen-bond acceptors (Lipinski definition) is 4. The fourth-order valence-electron chi connectivity index (χ4n) is 1.81. The minimum absolute atomic E-state index is 0.0879. The van der Waals surface area contributed by atoms with E-state index in [1.54, 1.807) is 25.1 Å². The first-order chi connectivity index (χ1) is 9.04. The Labute approximate surface area is 118 Å². The maximum Gasteiger partial charge on any atom is 0.344 e. The van der Waals surface area contributed by atoms with Gasteiger partial charge in [-0.1, -0.05) is 28.9 Å². The fraction of sp³-hybridized carbons (Fsp3) is 0.385. The lowest BCUT2D eigenvalue weighted by atomic mass is 10.0. The van der Waals surface area contributed by atoms with E-state index in [-0.39, 0.29) is 17.2 Å². The van der Waals surface area contributed by atoms with E-state index in [0.717, 1.165) is 0 Å². The molecule has 1 aliphatic heterocycles. The quantitative estimate of drug-likeness (QED) is 0.858. The first kappa shape index (κ1) is 13.9. The normalized spacial score (nSPS) is 19.3. The third kappa shape index (κ3) is 2.73. The summed E-state index contributed by atoms with van der Waals surface area (Å²) in [5, 5.41) is 8.99. The Morgan fingerprint density at radius 3 is 3.00 bits per heavy atom. The summed E-state index contributed by atoms with van der Waals surface area (Å²) in [6.07, 6.45) is -0.625. The zero-order valence-corrected chi connectivity index (χ0v) is 11.8. The van der Waals surface area contributed by atoms with E-state index < -0.39 is 12.1 Å². The van der Waals surface area contributed by atoms with Crippen LogP contribution in [-0.2, 0) is 4.79 Å². The second-order valence-electron chi connectivity index (χ2n) is 4.13. The van der Waals surface area contributed by atoms with Crippen LogP contribution in [0.1, 0.15) is 23.7 Å². The number of carboxylic acids is 1. The van der Waals surface area contributed by atoms with E-state index >= 15 is 0 Å². The van der Waals surface area contributed by atoms with Crippen LogP contribution < -0.4 is 9.47 Å². The summed E-state index contributed by atoms with van der Waals surface area (Å²) in [4.78, 5) is 22.6. The number of benzene rings is 1. The monoisotopic (exact) mass is 328 g/mol. The van der Waals surface area contributed by atoms with Gasteiger partial charge in [0, 0.05) is 0 Å². The van der Waals surface area contributed by atoms with E-state index in [1.165, 1.54) is 0 Å². The second-order valence-corrected chi connectivity index (χ2v) is 5.23. The van der Waals surface area contributed by atoms with Gasteiger partial charge >= 0.3 is 5.97 Å². The van der Waals surface area contributed by atoms with Crippen LogP contribution >= 0.6 is 15.9 Å². The Morgan fingerprint density at radius 1 is 1.63 bits per heavy atom. The first-order valence-corrected chi connectivity index (χ1v) is 6.79. The Morgan fingerprint density at radius 2 is 2.37 bits per heavy atom. The minimum Gasteiger partial charge on any atom is -0.487 e. The largest absolute Gasteiger partial charge is 0.487 e. The first-order valence-electron chi connectivity index (χ1n) is 5.88. The smallest absolute Gasteiger partial charge is 0.344 e. The van der Waals surface area contributed by atoms with Gasteiger partial charge in [0.15, 0.2) is 23.4 Å². The molecule has 0 spiro atoms. The lowest BCUT2D eigenvalue weighted by Gasteiger charge is -2.23. The van der Waals surface area contributed by atoms with Crippen molar-refractivity contribution in [1.82, 2.24) is 0 Å². The number of ether oxygens (including phenoxy) is 2. The molecule has 0 bridgehead atoms. The molecule has 1 heterocycles. The Balaban J connectivity index is 2.33. The highest BCUT2D eigenvalue weighted by molar-refractivity contribution is 9.10. The number of halogens is 1. The van der Waals surface area contributed by atoms with Crippen LogP contribution in [0.4, 0.5) is 0 Å². The van der Waals surface area contributed by atoms with Crippen LogP contribution in [0.5, 0.6) is 11.5 Å². The second kappa shape index (κ2) is 5.61. The minimum atomic E-state index is -1.04. The summed E-state index contributed by atoms with van der Waals surface area (Å²) in [6, 6.07) is 4.89. The number of rotatable bonds is 4. The van der Waals surface area contributed by atoms with Crippen LogP contribution in [-0.4, -0.2) is 34.4 Å². The number of carbonyl (C=O) groups excluding carboxylic acids is 1. The van der Waals surface area contributed by atoms with Gasteiger partial charge in [0.1, 0.15) is 11.4 Å². The number of carbonyl (C=O) groups is 2. The molecule has 2 atom stereocenters. The highest BCUT2D eigenvalue weighted by Gasteiger charge is 2.30. The molecular formula is C13H13BrO5. The molecule has 0 saturated heterocycles. The summed E-state index contributed by atoms with van der Waals surface area (Å²) >= 11 is 3.23. The number of aliphatic carboxylic acids is 1. The SMILES string of the molecule is CCC(Oc1cccc2c1OCC(Br)C2=O)C(=O)O. The number of alkyl halides is 1. The van der Waals surface area contributed by atoms with Crippen LogP contribution in [0.15, 0.2) is 18.2 Å². The zero-order chi connectivity index (χ0) is 14.0. The number of fused-ring (bicyclic) bond motifs is 1. The summed E-state index contributed by atoms with van der Waals surface area (Å²) < 4.78 is 10.9. The molecule has 0 fully saturated rings. The Hall–Kier alpha value is -1.56. The van der Waals surface area contributed by atoms with Crippen molar-refractivity contribution in [2.45, 2.75) is 24.3 Å². The summed E-state index contributed by atoms with van der Waals surface area (Å²) in [5.74, 6) is -0.516. The third-order valence-electron chi connectivity index (χ3n) is 2.82. The molecule has 1 N–H and O–H groups in total. The molecule has 6 heteroatoms. The number of Topliss-reactive ketones (excluding diaryl/α,β-unsaturated/α-hetero) is 1. The predicted octanol–water partition coefficient (Wildman–Crippen LogP) is 2.27. The molecule has 0 amide bonds. The number of ketones is 1. The molecule has 1 aliphatic rings. The maximum absolute atomic E-state index is 12.0. The molecule has 1 aromatic carbocycles. The standard InChI is InChI=1S/C13H13BrO5/c1-2-9(13(16)17)19-10-5-3-4-7-11(15)8(14)6-18-12(7)10/h3-5,8-9H,2,6H2,1H3,(H,16,17). The Kier molecular flexibility index (Phi) is 4.09. The van der Waals surface area contributed by atoms with E-state index in [0.29, 0.717) is 23.5 Å². The van der Waals surface area contributed by atoms with Gasteiger partial charge in [0.05, 0.1) is 5.56 Å². The van der Waals surface area contributed by atoms with E-state index in [4.69, 9.17) is 14.6 Å². The molecule has 0 radical (unpaired) electrons. The average Bonchev–Trinajstić information content (AvgIpc) is 2.40. The number of hydrogen-bond donors (Lipinski definition) is 1. The lowest BCUT2D eigenvalue weighted by molar-refractivity contribution is -0.145. The van der Waals surface area contributed by atoms with Crippen molar-refractivity contribution in [3.8, 4) is 11.5 Å². The van der Waals surface area contributed by atoms with Crippen molar-refractivity contribution in [2.24, 2.45) is 0 Å². The molecular weight excluding hydrogens is 316 g/mol. The topological polar surface area (TPSA) is 72.8 Å². The van der Waals surface area contributed by atoms with Gasteiger partial charge in [-0.15, -0.1) is 0 Å². The zero-order valence-electron chi connectivity index (χ0n) is 10.3. The maximum atomic E-state index is 12.0. The molecule has 0 aromatic heterocycles. The molecule has 2 unspecified atom stereocenters. The Bertz CT molecular complexity index is 514. The van der Waals surface area contributed by atoms with Crippen molar-refractivity contribution in [1.29, 1.82) is 0 Å². The van der Waals surface area contributed by atoms with E-state index in [9.17, 15) is 9.59 Å². The molecule has 19 heavy (non-hydrogen) atoms. The van der Waals surface area contributed by atoms with Gasteiger partial charge in [0.2, 0.25) is 0 Å². The van der Waals surface area contributed by atoms with Crippen molar-refractivity contribution >= 4 is 27.7 Å². The third-order valence-corrected chi connectivity index (χ3v) is 3.50. The van der Waals surface area contributed by atoms with Crippen LogP contribution in [0.2, 0.25) is 0 Å². The van der Waals surface area contributed by atoms with Crippen molar-refractivity contribution in [2.75, 3.05) is 6.61 Å². The fourth-order valence-corrected chi connectivity index (χ4v) is 2.19. The van der Waals surface area contributed by atoms with Gasteiger partial charge < -0.3 is 14.6 Å². The molecule has 5 nitrogen and oxygen atoms in total. The molecule has 102 valence electrons. The van der Waals surface area contributed by atoms with Crippen LogP contribution in [0.3, 0.4) is 0 Å². The average molecular weight is 329 g/mol. The molecule has 0 aliphatic carbocycles. The van der Waals surface area contributed by atoms with Crippen LogP contribution in [0, 0.1) is 0 Å². The van der Waals surface area contributed by atoms with Crippen LogP contribution in [0.25, 0.3) is 0 Å². The predicted molar refractivity (Wildman–Crippen MR) is 71.3 cm³/mol. The number of para-hydroxylation sites is 1. The van der Waals surface area contributed by atoms with Gasteiger partial charge in [-0.25, -0.2) is 4.79 Å². The highest BCUT2D eigenvalue weighted by Crippen LogP contribution is 2.36. The van der Waals surface area contributed by atoms with Gasteiger partial charge in [0.25, 0.3) is 0 Å². The van der Waals surface area contributed by atoms with Crippen molar-refractivity contribution in [3.63, 3.8) is 0 Å². The molecule has 0 saturated carbocycles. The lowest BCUT2D eigenvalue weighted by Crippen LogP contribution is -2.30. The highest BCUT2D eigenvalue weighted by atomic mass is 79.9. The molecule has 2 rings (SSSR count). The van der Waals surface area contributed by atoms with E-state index in [1.807, 2.05) is 0 Å². The van der Waals surface area contributed by atoms with Gasteiger partial charge in [-0.3, -0.25) is 4.79 Å². The summed E-state index contributed by atoms with van der Waals surface area (Å²) in [7, 11) is 0. The van der Waals surface area contributed by atoms with Gasteiger partial charge in [-0.05, 0) is 18.6 Å². The van der Waals surface area contributed by atoms with E-state index in [2.05, 4.69) is 15.9 Å². The van der Waals surface area contributed by atoms with Gasteiger partial charge in [-0.2, -0.15) is 0 Å². The molecule has 1 aromatic rings. The number of carboxylic acid groups (broad SMARTS) is 1.